The highest BCUT2D eigenvalue weighted by Gasteiger charge is 2.23. The van der Waals surface area contributed by atoms with Crippen LogP contribution in [-0.2, 0) is 4.79 Å². The quantitative estimate of drug-likeness (QED) is 0.420. The molecule has 1 rings (SSSR count). The highest BCUT2D eigenvalue weighted by atomic mass is 16.6. The minimum atomic E-state index is -1.42. The number of amides is 1. The molecule has 0 aliphatic heterocycles. The number of carbonyl (C=O) groups is 1. The summed E-state index contributed by atoms with van der Waals surface area (Å²) in [6.45, 7) is 0. The van der Waals surface area contributed by atoms with Crippen molar-refractivity contribution in [1.29, 1.82) is 0 Å². The van der Waals surface area contributed by atoms with Crippen LogP contribution in [0.25, 0.3) is 0 Å². The van der Waals surface area contributed by atoms with Crippen LogP contribution in [0, 0.1) is 10.1 Å². The summed E-state index contributed by atoms with van der Waals surface area (Å²) >= 11 is 0. The van der Waals surface area contributed by atoms with Gasteiger partial charge in [-0.05, 0) is 11.6 Å². The molecule has 104 valence electrons. The number of rotatable bonds is 6. The summed E-state index contributed by atoms with van der Waals surface area (Å²) in [6.07, 6.45) is -3.25. The minimum absolute atomic E-state index is 0.138. The molecule has 0 saturated carbocycles. The number of aliphatic hydroxyl groups excluding tert-OH is 2. The Kier molecular flexibility index (Phi) is 4.79. The largest absolute Gasteiger partial charge is 0.390 e. The maximum absolute atomic E-state index is 10.9. The second-order valence-electron chi connectivity index (χ2n) is 3.97. The minimum Gasteiger partial charge on any atom is -0.390 e. The fourth-order valence-corrected chi connectivity index (χ4v) is 1.64. The van der Waals surface area contributed by atoms with Crippen molar-refractivity contribution in [1.82, 2.24) is 0 Å². The molecule has 19 heavy (non-hydrogen) atoms. The zero-order chi connectivity index (χ0) is 14.6. The van der Waals surface area contributed by atoms with Gasteiger partial charge in [0.2, 0.25) is 5.91 Å². The predicted octanol–water partition coefficient (Wildman–Crippen LogP) is -0.0938. The smallest absolute Gasteiger partial charge is 0.292 e. The van der Waals surface area contributed by atoms with E-state index in [1.165, 1.54) is 19.2 Å². The Labute approximate surface area is 109 Å². The van der Waals surface area contributed by atoms with Crippen molar-refractivity contribution < 1.29 is 19.9 Å². The molecule has 1 amide bonds. The van der Waals surface area contributed by atoms with Gasteiger partial charge in [0.25, 0.3) is 5.69 Å². The number of nitro benzene ring substituents is 1. The molecule has 0 radical (unpaired) electrons. The van der Waals surface area contributed by atoms with Gasteiger partial charge in [0, 0.05) is 13.1 Å². The topological polar surface area (TPSA) is 139 Å². The summed E-state index contributed by atoms with van der Waals surface area (Å²) in [7, 11) is 1.53. The van der Waals surface area contributed by atoms with Gasteiger partial charge in [-0.1, -0.05) is 6.07 Å². The first-order chi connectivity index (χ1) is 8.86. The summed E-state index contributed by atoms with van der Waals surface area (Å²) in [5.41, 5.74) is 5.09. The Bertz CT molecular complexity index is 491. The van der Waals surface area contributed by atoms with Gasteiger partial charge < -0.3 is 21.3 Å². The lowest BCUT2D eigenvalue weighted by Gasteiger charge is -2.17. The summed E-state index contributed by atoms with van der Waals surface area (Å²) < 4.78 is 0. The highest BCUT2D eigenvalue weighted by molar-refractivity contribution is 5.74. The molecular formula is C11H15N3O5. The predicted molar refractivity (Wildman–Crippen MR) is 67.4 cm³/mol. The van der Waals surface area contributed by atoms with Crippen LogP contribution in [0.2, 0.25) is 0 Å². The van der Waals surface area contributed by atoms with Gasteiger partial charge in [0.1, 0.15) is 11.8 Å². The number of nitrogens with two attached hydrogens (primary N) is 1. The van der Waals surface area contributed by atoms with Gasteiger partial charge in [-0.25, -0.2) is 0 Å². The van der Waals surface area contributed by atoms with Gasteiger partial charge in [0.15, 0.2) is 0 Å². The van der Waals surface area contributed by atoms with Gasteiger partial charge >= 0.3 is 0 Å². The van der Waals surface area contributed by atoms with Crippen molar-refractivity contribution in [3.8, 4) is 0 Å². The molecule has 8 heteroatoms. The lowest BCUT2D eigenvalue weighted by Crippen LogP contribution is -2.25. The van der Waals surface area contributed by atoms with Crippen LogP contribution in [0.1, 0.15) is 18.1 Å². The lowest BCUT2D eigenvalue weighted by molar-refractivity contribution is -0.384. The van der Waals surface area contributed by atoms with E-state index >= 15 is 0 Å². The van der Waals surface area contributed by atoms with Gasteiger partial charge in [-0.15, -0.1) is 0 Å². The number of hydrogen-bond donors (Lipinski definition) is 4. The normalized spacial score (nSPS) is 13.6. The maximum Gasteiger partial charge on any atom is 0.292 e. The van der Waals surface area contributed by atoms with E-state index in [9.17, 15) is 25.1 Å². The van der Waals surface area contributed by atoms with Crippen LogP contribution in [0.4, 0.5) is 11.4 Å². The van der Waals surface area contributed by atoms with E-state index < -0.39 is 29.5 Å². The van der Waals surface area contributed by atoms with E-state index in [0.717, 1.165) is 6.07 Å². The zero-order valence-electron chi connectivity index (χ0n) is 10.2. The molecule has 0 heterocycles. The van der Waals surface area contributed by atoms with E-state index in [0.29, 0.717) is 0 Å². The highest BCUT2D eigenvalue weighted by Crippen LogP contribution is 2.29. The molecule has 0 aliphatic carbocycles. The number of nitrogens with one attached hydrogen (secondary N) is 1. The first-order valence-corrected chi connectivity index (χ1v) is 5.47. The summed E-state index contributed by atoms with van der Waals surface area (Å²) in [5.74, 6) is -0.770. The first-order valence-electron chi connectivity index (χ1n) is 5.47. The number of anilines is 1. The Morgan fingerprint density at radius 3 is 2.63 bits per heavy atom. The van der Waals surface area contributed by atoms with Crippen LogP contribution in [0.15, 0.2) is 18.2 Å². The lowest BCUT2D eigenvalue weighted by atomic mass is 10.0. The first kappa shape index (κ1) is 14.9. The number of primary amides is 1. The van der Waals surface area contributed by atoms with Crippen molar-refractivity contribution in [3.05, 3.63) is 33.9 Å². The number of aliphatic hydroxyl groups is 2. The van der Waals surface area contributed by atoms with E-state index in [2.05, 4.69) is 5.32 Å². The molecule has 1 aromatic rings. The molecule has 0 saturated heterocycles. The second-order valence-corrected chi connectivity index (χ2v) is 3.97. The third-order valence-corrected chi connectivity index (χ3v) is 2.60. The van der Waals surface area contributed by atoms with Crippen molar-refractivity contribution in [3.63, 3.8) is 0 Å². The Morgan fingerprint density at radius 1 is 1.53 bits per heavy atom. The zero-order valence-corrected chi connectivity index (χ0v) is 10.2. The average Bonchev–Trinajstić information content (AvgIpc) is 2.36. The maximum atomic E-state index is 10.9. The Morgan fingerprint density at radius 2 is 2.16 bits per heavy atom. The standard InChI is InChI=1S/C11H15N3O5/c1-13-7-3-2-6(4-8(7)14(18)19)11(17)9(15)5-10(12)16/h2-4,9,11,13,15,17H,5H2,1H3,(H2,12,16). The number of nitrogens with zero attached hydrogens (tertiary/aromatic N) is 1. The average molecular weight is 269 g/mol. The van der Waals surface area contributed by atoms with Gasteiger partial charge in [-0.2, -0.15) is 0 Å². The molecule has 0 bridgehead atoms. The molecule has 0 fully saturated rings. The Balaban J connectivity index is 3.04. The number of hydrogen-bond acceptors (Lipinski definition) is 6. The van der Waals surface area contributed by atoms with Gasteiger partial charge in [-0.3, -0.25) is 14.9 Å². The molecule has 0 aromatic heterocycles. The molecule has 0 spiro atoms. The van der Waals surface area contributed by atoms with E-state index in [1.807, 2.05) is 0 Å². The van der Waals surface area contributed by atoms with Crippen LogP contribution < -0.4 is 11.1 Å². The van der Waals surface area contributed by atoms with Crippen LogP contribution >= 0.6 is 0 Å². The van der Waals surface area contributed by atoms with Crippen molar-refractivity contribution in [2.24, 2.45) is 5.73 Å². The molecule has 5 N–H and O–H groups in total. The van der Waals surface area contributed by atoms with Crippen LogP contribution in [-0.4, -0.2) is 34.2 Å². The monoisotopic (exact) mass is 269 g/mol. The Hall–Kier alpha value is -2.19. The fraction of sp³-hybridized carbons (Fsp3) is 0.364. The van der Waals surface area contributed by atoms with Crippen LogP contribution in [0.3, 0.4) is 0 Å². The molecule has 8 nitrogen and oxygen atoms in total. The number of nitro groups is 1. The van der Waals surface area contributed by atoms with Crippen molar-refractivity contribution in [2.45, 2.75) is 18.6 Å². The van der Waals surface area contributed by atoms with Crippen LogP contribution in [0.5, 0.6) is 0 Å². The van der Waals surface area contributed by atoms with E-state index in [-0.39, 0.29) is 16.9 Å². The molecule has 0 aliphatic rings. The van der Waals surface area contributed by atoms with Crippen molar-refractivity contribution in [2.75, 3.05) is 12.4 Å². The molecule has 2 unspecified atom stereocenters. The van der Waals surface area contributed by atoms with E-state index in [1.54, 1.807) is 0 Å². The SMILES string of the molecule is CNc1ccc(C(O)C(O)CC(N)=O)cc1[N+](=O)[O-]. The molecule has 2 atom stereocenters. The molecule has 1 aromatic carbocycles. The number of carbonyl (C=O) groups excluding carboxylic acids is 1. The van der Waals surface area contributed by atoms with E-state index in [4.69, 9.17) is 5.73 Å². The second kappa shape index (κ2) is 6.12. The molecular weight excluding hydrogens is 254 g/mol. The number of benzene rings is 1. The third-order valence-electron chi connectivity index (χ3n) is 2.60. The summed E-state index contributed by atoms with van der Waals surface area (Å²) in [4.78, 5) is 20.9. The summed E-state index contributed by atoms with van der Waals surface area (Å²) in [6, 6.07) is 3.97. The third kappa shape index (κ3) is 3.63. The van der Waals surface area contributed by atoms with Crippen molar-refractivity contribution >= 4 is 17.3 Å². The van der Waals surface area contributed by atoms with Gasteiger partial charge in [0.05, 0.1) is 17.4 Å². The summed E-state index contributed by atoms with van der Waals surface area (Å²) in [5, 5.41) is 32.9. The fourth-order valence-electron chi connectivity index (χ4n) is 1.64.